The number of thiophene rings is 1. The second kappa shape index (κ2) is 6.22. The van der Waals surface area contributed by atoms with E-state index >= 15 is 0 Å². The van der Waals surface area contributed by atoms with Gasteiger partial charge in [-0.3, -0.25) is 4.57 Å². The minimum absolute atomic E-state index is 0.349. The number of ether oxygens (including phenoxy) is 1. The van der Waals surface area contributed by atoms with Gasteiger partial charge in [0.15, 0.2) is 0 Å². The van der Waals surface area contributed by atoms with Crippen LogP contribution in [0.2, 0.25) is 0 Å². The van der Waals surface area contributed by atoms with Gasteiger partial charge in [-0.25, -0.2) is 4.79 Å². The van der Waals surface area contributed by atoms with E-state index in [2.05, 4.69) is 63.0 Å². The molecule has 3 nitrogen and oxygen atoms in total. The van der Waals surface area contributed by atoms with E-state index in [9.17, 15) is 4.79 Å². The van der Waals surface area contributed by atoms with Crippen molar-refractivity contribution in [1.82, 2.24) is 4.57 Å². The molecule has 2 aromatic heterocycles. The fraction of sp³-hybridized carbons (Fsp3) is 0.0455. The molecule has 0 radical (unpaired) electrons. The van der Waals surface area contributed by atoms with Gasteiger partial charge in [0.1, 0.15) is 4.83 Å². The van der Waals surface area contributed by atoms with Crippen LogP contribution in [-0.4, -0.2) is 17.6 Å². The van der Waals surface area contributed by atoms with Gasteiger partial charge in [0.05, 0.1) is 23.9 Å². The number of fused-ring (bicyclic) bond motifs is 5. The third kappa shape index (κ3) is 2.42. The molecule has 0 spiro atoms. The Hall–Kier alpha value is -2.63. The number of hydrogen-bond donors (Lipinski definition) is 0. The monoisotopic (exact) mass is 435 g/mol. The van der Waals surface area contributed by atoms with Gasteiger partial charge < -0.3 is 4.74 Å². The zero-order chi connectivity index (χ0) is 18.5. The lowest BCUT2D eigenvalue weighted by molar-refractivity contribution is 0.0601. The number of methoxy groups -OCH3 is 1. The molecule has 0 saturated carbocycles. The van der Waals surface area contributed by atoms with E-state index < -0.39 is 0 Å². The van der Waals surface area contributed by atoms with Crippen molar-refractivity contribution in [1.29, 1.82) is 0 Å². The second-order valence-electron chi connectivity index (χ2n) is 6.28. The Labute approximate surface area is 167 Å². The Bertz CT molecular complexity index is 1350. The van der Waals surface area contributed by atoms with Crippen LogP contribution in [0.4, 0.5) is 0 Å². The predicted octanol–water partition coefficient (Wildman–Crippen LogP) is 6.55. The van der Waals surface area contributed by atoms with Gasteiger partial charge in [0, 0.05) is 25.3 Å². The molecule has 27 heavy (non-hydrogen) atoms. The Morgan fingerprint density at radius 1 is 1.00 bits per heavy atom. The number of benzene rings is 3. The van der Waals surface area contributed by atoms with Crippen LogP contribution in [0.1, 0.15) is 10.4 Å². The Morgan fingerprint density at radius 3 is 2.56 bits per heavy atom. The van der Waals surface area contributed by atoms with Crippen LogP contribution < -0.4 is 0 Å². The summed E-state index contributed by atoms with van der Waals surface area (Å²) in [5, 5.41) is 3.65. The molecule has 0 bridgehead atoms. The van der Waals surface area contributed by atoms with Crippen LogP contribution >= 0.6 is 27.3 Å². The van der Waals surface area contributed by atoms with Crippen LogP contribution in [0.5, 0.6) is 0 Å². The number of halogens is 1. The average molecular weight is 436 g/mol. The van der Waals surface area contributed by atoms with E-state index in [1.54, 1.807) is 11.3 Å². The van der Waals surface area contributed by atoms with Crippen molar-refractivity contribution < 1.29 is 9.53 Å². The smallest absolute Gasteiger partial charge is 0.340 e. The van der Waals surface area contributed by atoms with Crippen LogP contribution in [0.15, 0.2) is 71.2 Å². The van der Waals surface area contributed by atoms with Gasteiger partial charge >= 0.3 is 5.97 Å². The molecule has 0 aliphatic rings. The number of carbonyl (C=O) groups is 1. The summed E-state index contributed by atoms with van der Waals surface area (Å²) in [7, 11) is 1.41. The van der Waals surface area contributed by atoms with E-state index in [0.717, 1.165) is 20.5 Å². The highest BCUT2D eigenvalue weighted by atomic mass is 79.9. The maximum Gasteiger partial charge on any atom is 0.340 e. The molecule has 0 atom stereocenters. The molecule has 0 unspecified atom stereocenters. The molecule has 0 aliphatic carbocycles. The van der Waals surface area contributed by atoms with Crippen molar-refractivity contribution in [2.75, 3.05) is 7.11 Å². The van der Waals surface area contributed by atoms with Gasteiger partial charge in [0.2, 0.25) is 0 Å². The Balaban J connectivity index is 1.98. The summed E-state index contributed by atoms with van der Waals surface area (Å²) < 4.78 is 9.30. The first-order valence-electron chi connectivity index (χ1n) is 8.48. The van der Waals surface area contributed by atoms with Gasteiger partial charge in [-0.15, -0.1) is 11.3 Å². The molecule has 0 fully saturated rings. The lowest BCUT2D eigenvalue weighted by Gasteiger charge is -2.12. The third-order valence-corrected chi connectivity index (χ3v) is 6.45. The van der Waals surface area contributed by atoms with E-state index in [4.69, 9.17) is 4.74 Å². The van der Waals surface area contributed by atoms with Gasteiger partial charge in [-0.2, -0.15) is 0 Å². The van der Waals surface area contributed by atoms with Crippen molar-refractivity contribution >= 4 is 64.4 Å². The fourth-order valence-electron chi connectivity index (χ4n) is 3.66. The number of carbonyl (C=O) groups excluding carboxylic acids is 1. The molecular formula is C22H14BrNO2S. The summed E-state index contributed by atoms with van der Waals surface area (Å²) in [5.74, 6) is -0.349. The lowest BCUT2D eigenvalue weighted by atomic mass is 10.1. The molecule has 0 N–H and O–H groups in total. The van der Waals surface area contributed by atoms with Gasteiger partial charge in [-0.1, -0.05) is 52.3 Å². The predicted molar refractivity (Wildman–Crippen MR) is 115 cm³/mol. The van der Waals surface area contributed by atoms with E-state index in [-0.39, 0.29) is 5.97 Å². The van der Waals surface area contributed by atoms with Crippen LogP contribution in [0, 0.1) is 0 Å². The highest BCUT2D eigenvalue weighted by Crippen LogP contribution is 2.42. The maximum absolute atomic E-state index is 12.5. The fourth-order valence-corrected chi connectivity index (χ4v) is 5.26. The molecule has 5 rings (SSSR count). The largest absolute Gasteiger partial charge is 0.465 e. The van der Waals surface area contributed by atoms with Crippen LogP contribution in [-0.2, 0) is 4.74 Å². The van der Waals surface area contributed by atoms with Crippen molar-refractivity contribution in [3.05, 3.63) is 76.8 Å². The highest BCUT2D eigenvalue weighted by molar-refractivity contribution is 9.10. The van der Waals surface area contributed by atoms with Crippen molar-refractivity contribution in [2.45, 2.75) is 0 Å². The number of rotatable bonds is 2. The lowest BCUT2D eigenvalue weighted by Crippen LogP contribution is -2.07. The molecular weight excluding hydrogens is 422 g/mol. The summed E-state index contributed by atoms with van der Waals surface area (Å²) in [4.78, 5) is 13.6. The number of nitrogens with zero attached hydrogens (tertiary/aromatic N) is 1. The Kier molecular flexibility index (Phi) is 3.81. The number of esters is 1. The first-order valence-corrected chi connectivity index (χ1v) is 10.1. The molecule has 132 valence electrons. The summed E-state index contributed by atoms with van der Waals surface area (Å²) >= 11 is 5.21. The summed E-state index contributed by atoms with van der Waals surface area (Å²) in [5.41, 5.74) is 2.44. The van der Waals surface area contributed by atoms with Gasteiger partial charge in [0.25, 0.3) is 0 Å². The topological polar surface area (TPSA) is 31.2 Å². The molecule has 3 aromatic carbocycles. The molecule has 0 aliphatic heterocycles. The zero-order valence-corrected chi connectivity index (χ0v) is 16.8. The van der Waals surface area contributed by atoms with Crippen LogP contribution in [0.25, 0.3) is 36.9 Å². The van der Waals surface area contributed by atoms with Crippen molar-refractivity contribution in [2.24, 2.45) is 0 Å². The third-order valence-electron chi connectivity index (χ3n) is 4.80. The van der Waals surface area contributed by atoms with Crippen molar-refractivity contribution in [3.8, 4) is 5.69 Å². The number of hydrogen-bond acceptors (Lipinski definition) is 3. The highest BCUT2D eigenvalue weighted by Gasteiger charge is 2.21. The van der Waals surface area contributed by atoms with E-state index in [1.807, 2.05) is 24.3 Å². The Morgan fingerprint density at radius 2 is 1.74 bits per heavy atom. The van der Waals surface area contributed by atoms with E-state index in [1.165, 1.54) is 28.0 Å². The zero-order valence-electron chi connectivity index (χ0n) is 14.4. The SMILES string of the molecule is COC(=O)c1cc(Br)ccc1-n1c2ccccc2c2c3ccccc3sc21. The summed E-state index contributed by atoms with van der Waals surface area (Å²) in [6.45, 7) is 0. The number of para-hydroxylation sites is 1. The quantitative estimate of drug-likeness (QED) is 0.294. The molecule has 2 heterocycles. The maximum atomic E-state index is 12.5. The van der Waals surface area contributed by atoms with Gasteiger partial charge in [-0.05, 0) is 30.3 Å². The number of aromatic nitrogens is 1. The molecule has 0 saturated heterocycles. The molecule has 5 aromatic rings. The van der Waals surface area contributed by atoms with Crippen LogP contribution in [0.3, 0.4) is 0 Å². The second-order valence-corrected chi connectivity index (χ2v) is 8.23. The summed E-state index contributed by atoms with van der Waals surface area (Å²) in [6, 6.07) is 22.5. The standard InChI is InChI=1S/C22H14BrNO2S/c1-26-22(25)16-12-13(23)10-11-18(16)24-17-8-4-2-6-14(17)20-15-7-3-5-9-19(15)27-21(20)24/h2-12H,1H3. The minimum atomic E-state index is -0.349. The average Bonchev–Trinajstić information content (AvgIpc) is 3.22. The van der Waals surface area contributed by atoms with Crippen molar-refractivity contribution in [3.63, 3.8) is 0 Å². The normalized spacial score (nSPS) is 11.5. The molecule has 5 heteroatoms. The molecule has 0 amide bonds. The first kappa shape index (κ1) is 16.5. The first-order chi connectivity index (χ1) is 13.2. The minimum Gasteiger partial charge on any atom is -0.465 e. The van der Waals surface area contributed by atoms with E-state index in [0.29, 0.717) is 5.56 Å². The summed E-state index contributed by atoms with van der Waals surface area (Å²) in [6.07, 6.45) is 0.